The molecular formula is C21H19ClN4OS2. The third kappa shape index (κ3) is 4.47. The molecule has 0 radical (unpaired) electrons. The van der Waals surface area contributed by atoms with Crippen LogP contribution in [0, 0.1) is 20.8 Å². The Balaban J connectivity index is 1.54. The number of fused-ring (bicyclic) bond motifs is 1. The standard InChI is InChI=1S/C21H19ClN4OS2/c1-12-8-13(2)20-17(9-12)29-21(24-20)26-18(10-14(3)25-26)23-19(27)11-28-16-6-4-15(22)5-7-16/h4-10H,11H2,1-3H3,(H,23,27). The van der Waals surface area contributed by atoms with E-state index in [2.05, 4.69) is 36.4 Å². The van der Waals surface area contributed by atoms with Gasteiger partial charge in [0, 0.05) is 16.0 Å². The molecule has 8 heteroatoms. The van der Waals surface area contributed by atoms with Gasteiger partial charge in [0.25, 0.3) is 0 Å². The van der Waals surface area contributed by atoms with Crippen molar-refractivity contribution in [2.45, 2.75) is 25.7 Å². The zero-order valence-electron chi connectivity index (χ0n) is 16.2. The van der Waals surface area contributed by atoms with Gasteiger partial charge in [-0.3, -0.25) is 4.79 Å². The number of aryl methyl sites for hydroxylation is 3. The maximum Gasteiger partial charge on any atom is 0.235 e. The van der Waals surface area contributed by atoms with Gasteiger partial charge in [0.15, 0.2) is 0 Å². The van der Waals surface area contributed by atoms with E-state index in [-0.39, 0.29) is 5.91 Å². The van der Waals surface area contributed by atoms with Crippen molar-refractivity contribution < 1.29 is 4.79 Å². The van der Waals surface area contributed by atoms with Crippen LogP contribution < -0.4 is 5.32 Å². The van der Waals surface area contributed by atoms with Crippen molar-refractivity contribution in [3.8, 4) is 5.13 Å². The highest BCUT2D eigenvalue weighted by Gasteiger charge is 2.15. The van der Waals surface area contributed by atoms with Crippen LogP contribution >= 0.6 is 34.7 Å². The summed E-state index contributed by atoms with van der Waals surface area (Å²) in [5.41, 5.74) is 4.13. The summed E-state index contributed by atoms with van der Waals surface area (Å²) in [5.74, 6) is 0.821. The zero-order valence-corrected chi connectivity index (χ0v) is 18.6. The number of nitrogens with zero attached hydrogens (tertiary/aromatic N) is 3. The Morgan fingerprint density at radius 2 is 1.93 bits per heavy atom. The second kappa shape index (κ2) is 8.18. The number of benzene rings is 2. The van der Waals surface area contributed by atoms with Crippen LogP contribution in [0.2, 0.25) is 5.02 Å². The summed E-state index contributed by atoms with van der Waals surface area (Å²) in [4.78, 5) is 18.2. The van der Waals surface area contributed by atoms with Gasteiger partial charge in [0.05, 0.1) is 21.7 Å². The number of halogens is 1. The third-order valence-electron chi connectivity index (χ3n) is 4.28. The summed E-state index contributed by atoms with van der Waals surface area (Å²) in [6.45, 7) is 6.04. The molecule has 2 heterocycles. The molecule has 1 N–H and O–H groups in total. The van der Waals surface area contributed by atoms with Gasteiger partial charge in [-0.1, -0.05) is 29.0 Å². The van der Waals surface area contributed by atoms with Crippen LogP contribution in [0.3, 0.4) is 0 Å². The van der Waals surface area contributed by atoms with Crippen LogP contribution in [0.15, 0.2) is 47.4 Å². The van der Waals surface area contributed by atoms with E-state index < -0.39 is 0 Å². The number of hydrogen-bond acceptors (Lipinski definition) is 5. The molecule has 29 heavy (non-hydrogen) atoms. The quantitative estimate of drug-likeness (QED) is 0.397. The van der Waals surface area contributed by atoms with Gasteiger partial charge in [0.1, 0.15) is 5.82 Å². The summed E-state index contributed by atoms with van der Waals surface area (Å²) in [6, 6.07) is 13.5. The molecular weight excluding hydrogens is 424 g/mol. The molecule has 0 spiro atoms. The molecule has 4 aromatic rings. The van der Waals surface area contributed by atoms with Crippen molar-refractivity contribution in [1.82, 2.24) is 14.8 Å². The van der Waals surface area contributed by atoms with Crippen LogP contribution in [0.4, 0.5) is 5.82 Å². The number of rotatable bonds is 5. The van der Waals surface area contributed by atoms with Crippen molar-refractivity contribution in [2.75, 3.05) is 11.1 Å². The molecule has 0 aliphatic carbocycles. The molecule has 4 rings (SSSR count). The fraction of sp³-hybridized carbons (Fsp3) is 0.190. The molecule has 0 fully saturated rings. The Kier molecular flexibility index (Phi) is 5.63. The Labute approximate surface area is 182 Å². The fourth-order valence-electron chi connectivity index (χ4n) is 3.04. The second-order valence-electron chi connectivity index (χ2n) is 6.80. The molecule has 2 aromatic carbocycles. The van der Waals surface area contributed by atoms with Crippen LogP contribution in [0.25, 0.3) is 15.3 Å². The molecule has 0 saturated heterocycles. The third-order valence-corrected chi connectivity index (χ3v) is 6.52. The SMILES string of the molecule is Cc1cc(C)c2nc(-n3nc(C)cc3NC(=O)CSc3ccc(Cl)cc3)sc2c1. The number of hydrogen-bond donors (Lipinski definition) is 1. The van der Waals surface area contributed by atoms with Crippen molar-refractivity contribution in [1.29, 1.82) is 0 Å². The molecule has 148 valence electrons. The number of carbonyl (C=O) groups excluding carboxylic acids is 1. The molecule has 1 amide bonds. The van der Waals surface area contributed by atoms with Crippen molar-refractivity contribution in [3.63, 3.8) is 0 Å². The van der Waals surface area contributed by atoms with E-state index in [4.69, 9.17) is 16.6 Å². The number of anilines is 1. The van der Waals surface area contributed by atoms with Crippen molar-refractivity contribution >= 4 is 56.6 Å². The lowest BCUT2D eigenvalue weighted by Crippen LogP contribution is -2.16. The van der Waals surface area contributed by atoms with E-state index in [9.17, 15) is 4.79 Å². The summed E-state index contributed by atoms with van der Waals surface area (Å²) < 4.78 is 2.82. The minimum absolute atomic E-state index is 0.0979. The van der Waals surface area contributed by atoms with Crippen LogP contribution in [0.5, 0.6) is 0 Å². The zero-order chi connectivity index (χ0) is 20.5. The Morgan fingerprint density at radius 1 is 1.17 bits per heavy atom. The normalized spacial score (nSPS) is 11.2. The van der Waals surface area contributed by atoms with Crippen LogP contribution in [0.1, 0.15) is 16.8 Å². The Bertz CT molecular complexity index is 1200. The predicted molar refractivity (Wildman–Crippen MR) is 122 cm³/mol. The highest BCUT2D eigenvalue weighted by Crippen LogP contribution is 2.30. The molecule has 0 aliphatic heterocycles. The average molecular weight is 443 g/mol. The van der Waals surface area contributed by atoms with Crippen molar-refractivity contribution in [2.24, 2.45) is 0 Å². The molecule has 0 bridgehead atoms. The molecule has 5 nitrogen and oxygen atoms in total. The van der Waals surface area contributed by atoms with E-state index >= 15 is 0 Å². The summed E-state index contributed by atoms with van der Waals surface area (Å²) in [5, 5.41) is 8.92. The van der Waals surface area contributed by atoms with E-state index in [1.54, 1.807) is 16.0 Å². The second-order valence-corrected chi connectivity index (χ2v) is 9.29. The number of nitrogens with one attached hydrogen (secondary N) is 1. The van der Waals surface area contributed by atoms with E-state index in [1.807, 2.05) is 37.3 Å². The predicted octanol–water partition coefficient (Wildman–Crippen LogP) is 5.79. The maximum absolute atomic E-state index is 12.5. The van der Waals surface area contributed by atoms with Gasteiger partial charge in [-0.2, -0.15) is 9.78 Å². The average Bonchev–Trinajstić information content (AvgIpc) is 3.24. The first-order valence-electron chi connectivity index (χ1n) is 9.02. The maximum atomic E-state index is 12.5. The summed E-state index contributed by atoms with van der Waals surface area (Å²) in [7, 11) is 0. The van der Waals surface area contributed by atoms with Crippen LogP contribution in [-0.2, 0) is 4.79 Å². The lowest BCUT2D eigenvalue weighted by molar-refractivity contribution is -0.113. The smallest absolute Gasteiger partial charge is 0.235 e. The molecule has 2 aromatic heterocycles. The molecule has 0 unspecified atom stereocenters. The van der Waals surface area contributed by atoms with Gasteiger partial charge in [-0.25, -0.2) is 4.98 Å². The number of amides is 1. The van der Waals surface area contributed by atoms with E-state index in [1.165, 1.54) is 17.3 Å². The Hall–Kier alpha value is -2.35. The number of carbonyl (C=O) groups is 1. The molecule has 0 aliphatic rings. The topological polar surface area (TPSA) is 59.8 Å². The van der Waals surface area contributed by atoms with Crippen LogP contribution in [-0.4, -0.2) is 26.4 Å². The van der Waals surface area contributed by atoms with Gasteiger partial charge in [-0.05, 0) is 62.2 Å². The minimum atomic E-state index is -0.0979. The first-order chi connectivity index (χ1) is 13.9. The summed E-state index contributed by atoms with van der Waals surface area (Å²) >= 11 is 8.93. The molecule has 0 atom stereocenters. The largest absolute Gasteiger partial charge is 0.310 e. The molecule has 0 saturated carbocycles. The van der Waals surface area contributed by atoms with Gasteiger partial charge < -0.3 is 5.32 Å². The first-order valence-corrected chi connectivity index (χ1v) is 11.2. The number of thioether (sulfide) groups is 1. The van der Waals surface area contributed by atoms with Crippen molar-refractivity contribution in [3.05, 3.63) is 64.3 Å². The summed E-state index contributed by atoms with van der Waals surface area (Å²) in [6.07, 6.45) is 0. The fourth-order valence-corrected chi connectivity index (χ4v) is 4.97. The van der Waals surface area contributed by atoms with E-state index in [0.717, 1.165) is 31.5 Å². The van der Waals surface area contributed by atoms with Gasteiger partial charge >= 0.3 is 0 Å². The lowest BCUT2D eigenvalue weighted by atomic mass is 10.1. The monoisotopic (exact) mass is 442 g/mol. The highest BCUT2D eigenvalue weighted by molar-refractivity contribution is 8.00. The lowest BCUT2D eigenvalue weighted by Gasteiger charge is -2.06. The first kappa shape index (κ1) is 19.9. The minimum Gasteiger partial charge on any atom is -0.310 e. The number of aromatic nitrogens is 3. The van der Waals surface area contributed by atoms with E-state index in [0.29, 0.717) is 16.6 Å². The van der Waals surface area contributed by atoms with Gasteiger partial charge in [-0.15, -0.1) is 11.8 Å². The number of thiazole rings is 1. The Morgan fingerprint density at radius 3 is 2.69 bits per heavy atom. The highest BCUT2D eigenvalue weighted by atomic mass is 35.5. The van der Waals surface area contributed by atoms with Gasteiger partial charge in [0.2, 0.25) is 11.0 Å².